The number of guanidine groups is 1. The van der Waals surface area contributed by atoms with Crippen molar-refractivity contribution in [1.82, 2.24) is 15.5 Å². The summed E-state index contributed by atoms with van der Waals surface area (Å²) in [5.41, 5.74) is 0.648. The van der Waals surface area contributed by atoms with Crippen LogP contribution in [0.3, 0.4) is 0 Å². The Labute approximate surface area is 130 Å². The zero-order valence-corrected chi connectivity index (χ0v) is 12.9. The van der Waals surface area contributed by atoms with Crippen LogP contribution in [0, 0.1) is 0 Å². The summed E-state index contributed by atoms with van der Waals surface area (Å²) >= 11 is 3.35. The first kappa shape index (κ1) is 14.2. The van der Waals surface area contributed by atoms with Crippen molar-refractivity contribution in [3.05, 3.63) is 34.3 Å². The number of carbonyl (C=O) groups excluding carboxylic acids is 2. The summed E-state index contributed by atoms with van der Waals surface area (Å²) < 4.78 is 0.831. The third kappa shape index (κ3) is 2.98. The predicted molar refractivity (Wildman–Crippen MR) is 81.9 cm³/mol. The van der Waals surface area contributed by atoms with Gasteiger partial charge in [-0.3, -0.25) is 14.9 Å². The van der Waals surface area contributed by atoms with E-state index >= 15 is 0 Å². The number of carbonyl (C=O) groups is 2. The van der Waals surface area contributed by atoms with E-state index in [0.717, 1.165) is 30.7 Å². The van der Waals surface area contributed by atoms with Crippen LogP contribution in [0.25, 0.3) is 0 Å². The first-order valence-electron chi connectivity index (χ1n) is 6.80. The zero-order chi connectivity index (χ0) is 14.8. The molecule has 21 heavy (non-hydrogen) atoms. The fraction of sp³-hybridized carbons (Fsp3) is 0.357. The number of aliphatic imine (C=N–C) groups is 1. The highest BCUT2D eigenvalue weighted by molar-refractivity contribution is 9.10. The molecule has 0 aromatic heterocycles. The predicted octanol–water partition coefficient (Wildman–Crippen LogP) is 0.450. The van der Waals surface area contributed by atoms with Crippen molar-refractivity contribution in [1.29, 1.82) is 0 Å². The molecule has 0 saturated carbocycles. The molecule has 1 aromatic carbocycles. The SMILES string of the molecule is O=C1N=C(N2CCNCC2)NC(=O)C1c1cccc(Br)c1. The molecular formula is C14H15BrN4O2. The minimum Gasteiger partial charge on any atom is -0.340 e. The highest BCUT2D eigenvalue weighted by Crippen LogP contribution is 2.23. The van der Waals surface area contributed by atoms with Crippen LogP contribution in [0.4, 0.5) is 0 Å². The molecule has 0 spiro atoms. The van der Waals surface area contributed by atoms with E-state index in [2.05, 4.69) is 31.6 Å². The van der Waals surface area contributed by atoms with Gasteiger partial charge in [-0.05, 0) is 17.7 Å². The molecule has 2 N–H and O–H groups in total. The lowest BCUT2D eigenvalue weighted by atomic mass is 9.96. The van der Waals surface area contributed by atoms with Crippen LogP contribution in [0.5, 0.6) is 0 Å². The third-order valence-electron chi connectivity index (χ3n) is 3.56. The van der Waals surface area contributed by atoms with E-state index in [-0.39, 0.29) is 5.91 Å². The Bertz CT molecular complexity index is 611. The lowest BCUT2D eigenvalue weighted by molar-refractivity contribution is -0.130. The van der Waals surface area contributed by atoms with Gasteiger partial charge in [-0.1, -0.05) is 28.1 Å². The number of hydrogen-bond acceptors (Lipinski definition) is 4. The number of hydrogen-bond donors (Lipinski definition) is 2. The monoisotopic (exact) mass is 350 g/mol. The normalized spacial score (nSPS) is 22.8. The van der Waals surface area contributed by atoms with Crippen LogP contribution in [0.1, 0.15) is 11.5 Å². The van der Waals surface area contributed by atoms with Crippen LogP contribution in [0.2, 0.25) is 0 Å². The van der Waals surface area contributed by atoms with Crippen molar-refractivity contribution < 1.29 is 9.59 Å². The minimum absolute atomic E-state index is 0.318. The summed E-state index contributed by atoms with van der Waals surface area (Å²) in [5, 5.41) is 5.98. The van der Waals surface area contributed by atoms with E-state index in [9.17, 15) is 9.59 Å². The van der Waals surface area contributed by atoms with Gasteiger partial charge in [-0.15, -0.1) is 0 Å². The molecule has 110 valence electrons. The van der Waals surface area contributed by atoms with Crippen LogP contribution < -0.4 is 10.6 Å². The van der Waals surface area contributed by atoms with Crippen molar-refractivity contribution in [3.63, 3.8) is 0 Å². The van der Waals surface area contributed by atoms with E-state index in [1.807, 2.05) is 11.0 Å². The largest absolute Gasteiger partial charge is 0.340 e. The van der Waals surface area contributed by atoms with Gasteiger partial charge in [-0.25, -0.2) is 0 Å². The zero-order valence-electron chi connectivity index (χ0n) is 11.3. The molecular weight excluding hydrogens is 336 g/mol. The molecule has 2 amide bonds. The average Bonchev–Trinajstić information content (AvgIpc) is 2.47. The van der Waals surface area contributed by atoms with Gasteiger partial charge < -0.3 is 10.2 Å². The van der Waals surface area contributed by atoms with Gasteiger partial charge >= 0.3 is 0 Å². The maximum Gasteiger partial charge on any atom is 0.265 e. The Hall–Kier alpha value is -1.73. The van der Waals surface area contributed by atoms with Gasteiger partial charge in [0, 0.05) is 30.7 Å². The highest BCUT2D eigenvalue weighted by Gasteiger charge is 2.35. The van der Waals surface area contributed by atoms with E-state index in [1.165, 1.54) is 0 Å². The van der Waals surface area contributed by atoms with Crippen molar-refractivity contribution in [2.75, 3.05) is 26.2 Å². The second-order valence-electron chi connectivity index (χ2n) is 4.99. The van der Waals surface area contributed by atoms with Crippen LogP contribution in [0.15, 0.2) is 33.7 Å². The number of piperazine rings is 1. The maximum atomic E-state index is 12.3. The van der Waals surface area contributed by atoms with Gasteiger partial charge in [0.2, 0.25) is 11.9 Å². The molecule has 1 unspecified atom stereocenters. The van der Waals surface area contributed by atoms with Crippen LogP contribution >= 0.6 is 15.9 Å². The molecule has 1 aromatic rings. The summed E-state index contributed by atoms with van der Waals surface area (Å²) in [7, 11) is 0. The Kier molecular flexibility index (Phi) is 4.03. The quantitative estimate of drug-likeness (QED) is 0.721. The Morgan fingerprint density at radius 3 is 2.67 bits per heavy atom. The van der Waals surface area contributed by atoms with Crippen LogP contribution in [-0.2, 0) is 9.59 Å². The van der Waals surface area contributed by atoms with E-state index < -0.39 is 11.8 Å². The first-order chi connectivity index (χ1) is 10.1. The van der Waals surface area contributed by atoms with Gasteiger partial charge in [0.1, 0.15) is 5.92 Å². The molecule has 0 bridgehead atoms. The van der Waals surface area contributed by atoms with Crippen molar-refractivity contribution in [2.24, 2.45) is 4.99 Å². The van der Waals surface area contributed by atoms with Crippen molar-refractivity contribution >= 4 is 33.7 Å². The second-order valence-corrected chi connectivity index (χ2v) is 5.90. The van der Waals surface area contributed by atoms with E-state index in [1.54, 1.807) is 18.2 Å². The molecule has 2 aliphatic rings. The molecule has 6 nitrogen and oxygen atoms in total. The van der Waals surface area contributed by atoms with Gasteiger partial charge in [0.15, 0.2) is 0 Å². The number of nitrogens with one attached hydrogen (secondary N) is 2. The Morgan fingerprint density at radius 2 is 2.00 bits per heavy atom. The number of benzene rings is 1. The fourth-order valence-corrected chi connectivity index (χ4v) is 2.91. The van der Waals surface area contributed by atoms with E-state index in [0.29, 0.717) is 11.5 Å². The smallest absolute Gasteiger partial charge is 0.265 e. The van der Waals surface area contributed by atoms with Crippen LogP contribution in [-0.4, -0.2) is 48.9 Å². The summed E-state index contributed by atoms with van der Waals surface area (Å²) in [6.45, 7) is 3.10. The third-order valence-corrected chi connectivity index (χ3v) is 4.05. The summed E-state index contributed by atoms with van der Waals surface area (Å²) in [4.78, 5) is 30.6. The molecule has 0 radical (unpaired) electrons. The molecule has 7 heteroatoms. The number of rotatable bonds is 1. The molecule has 0 aliphatic carbocycles. The lowest BCUT2D eigenvalue weighted by Crippen LogP contribution is -2.55. The van der Waals surface area contributed by atoms with Crippen molar-refractivity contribution in [2.45, 2.75) is 5.92 Å². The first-order valence-corrected chi connectivity index (χ1v) is 7.59. The molecule has 1 fully saturated rings. The average molecular weight is 351 g/mol. The number of nitrogens with zero attached hydrogens (tertiary/aromatic N) is 2. The van der Waals surface area contributed by atoms with Crippen molar-refractivity contribution in [3.8, 4) is 0 Å². The fourth-order valence-electron chi connectivity index (χ4n) is 2.50. The molecule has 3 rings (SSSR count). The molecule has 2 aliphatic heterocycles. The summed E-state index contributed by atoms with van der Waals surface area (Å²) in [5.74, 6) is -1.22. The second kappa shape index (κ2) is 5.95. The van der Waals surface area contributed by atoms with Gasteiger partial charge in [0.25, 0.3) is 5.91 Å². The number of amides is 2. The van der Waals surface area contributed by atoms with Gasteiger partial charge in [-0.2, -0.15) is 4.99 Å². The molecule has 1 saturated heterocycles. The van der Waals surface area contributed by atoms with Gasteiger partial charge in [0.05, 0.1) is 0 Å². The number of halogens is 1. The Balaban J connectivity index is 1.85. The highest BCUT2D eigenvalue weighted by atomic mass is 79.9. The molecule has 1 atom stereocenters. The Morgan fingerprint density at radius 1 is 1.24 bits per heavy atom. The molecule has 2 heterocycles. The maximum absolute atomic E-state index is 12.3. The standard InChI is InChI=1S/C14H15BrN4O2/c15-10-3-1-2-9(8-10)11-12(20)17-14(18-13(11)21)19-6-4-16-5-7-19/h1-3,8,11,16H,4-7H2,(H,17,18,20,21). The van der Waals surface area contributed by atoms with E-state index in [4.69, 9.17) is 0 Å². The summed E-state index contributed by atoms with van der Waals surface area (Å²) in [6.07, 6.45) is 0. The lowest BCUT2D eigenvalue weighted by Gasteiger charge is -2.32. The minimum atomic E-state index is -0.867. The topological polar surface area (TPSA) is 73.8 Å². The summed E-state index contributed by atoms with van der Waals surface area (Å²) in [6, 6.07) is 7.19.